The quantitative estimate of drug-likeness (QED) is 0.542. The Labute approximate surface area is 201 Å². The van der Waals surface area contributed by atoms with Crippen molar-refractivity contribution in [2.45, 2.75) is 51.0 Å². The summed E-state index contributed by atoms with van der Waals surface area (Å²) in [4.78, 5) is 25.8. The summed E-state index contributed by atoms with van der Waals surface area (Å²) < 4.78 is 7.49. The molecular weight excluding hydrogens is 432 g/mol. The lowest BCUT2D eigenvalue weighted by molar-refractivity contribution is -0.130. The van der Waals surface area contributed by atoms with Gasteiger partial charge in [-0.2, -0.15) is 10.1 Å². The summed E-state index contributed by atoms with van der Waals surface area (Å²) in [7, 11) is 2.15. The molecule has 1 saturated carbocycles. The predicted octanol–water partition coefficient (Wildman–Crippen LogP) is 2.53. The molecule has 2 aliphatic heterocycles. The molecule has 0 spiro atoms. The molecule has 2 N–H and O–H groups in total. The van der Waals surface area contributed by atoms with E-state index < -0.39 is 0 Å². The first-order chi connectivity index (χ1) is 16.6. The minimum absolute atomic E-state index is 0.185. The first kappa shape index (κ1) is 23.0. The fourth-order valence-electron chi connectivity index (χ4n) is 4.76. The normalized spacial score (nSPS) is 21.6. The van der Waals surface area contributed by atoms with E-state index in [9.17, 15) is 4.79 Å². The number of aryl methyl sites for hydroxylation is 1. The Kier molecular flexibility index (Phi) is 6.96. The highest BCUT2D eigenvalue weighted by atomic mass is 16.5. The second-order valence-electron chi connectivity index (χ2n) is 9.73. The van der Waals surface area contributed by atoms with E-state index in [0.717, 1.165) is 56.2 Å². The second-order valence-corrected chi connectivity index (χ2v) is 9.73. The van der Waals surface area contributed by atoms with Crippen LogP contribution in [0.1, 0.15) is 55.3 Å². The highest BCUT2D eigenvalue weighted by molar-refractivity contribution is 5.76. The maximum Gasteiger partial charge on any atom is 0.229 e. The van der Waals surface area contributed by atoms with E-state index in [1.54, 1.807) is 0 Å². The molecule has 184 valence electrons. The van der Waals surface area contributed by atoms with Gasteiger partial charge >= 0.3 is 0 Å². The lowest BCUT2D eigenvalue weighted by Gasteiger charge is -2.20. The largest absolute Gasteiger partial charge is 0.379 e. The number of hydrogen-bond acceptors (Lipinski definition) is 8. The monoisotopic (exact) mass is 468 g/mol. The second kappa shape index (κ2) is 10.3. The van der Waals surface area contributed by atoms with Crippen molar-refractivity contribution in [1.29, 1.82) is 0 Å². The molecule has 3 fully saturated rings. The highest BCUT2D eigenvalue weighted by Gasteiger charge is 2.28. The standard InChI is InChI=1S/C24H36N8O2/c1-17-21(16-32(29-17)19-6-10-30(2)15-19)27-24-26-14-20(18-4-5-18)23(28-24)25-8-3-9-31-11-13-34-12-7-22(31)33/h14,16,18-19H,3-13,15H2,1-2H3,(H2,25,26,27,28). The van der Waals surface area contributed by atoms with Gasteiger partial charge in [-0.15, -0.1) is 0 Å². The number of ether oxygens (including phenoxy) is 1. The van der Waals surface area contributed by atoms with Gasteiger partial charge in [0.15, 0.2) is 0 Å². The molecule has 10 nitrogen and oxygen atoms in total. The van der Waals surface area contributed by atoms with Crippen LogP contribution in [-0.2, 0) is 9.53 Å². The Hall–Kier alpha value is -2.72. The van der Waals surface area contributed by atoms with Gasteiger partial charge < -0.3 is 25.2 Å². The number of likely N-dealkylation sites (N-methyl/N-ethyl adjacent to an activating group) is 1. The summed E-state index contributed by atoms with van der Waals surface area (Å²) in [6, 6.07) is 0.414. The van der Waals surface area contributed by atoms with E-state index in [0.29, 0.717) is 44.1 Å². The molecular formula is C24H36N8O2. The van der Waals surface area contributed by atoms with E-state index in [1.165, 1.54) is 18.4 Å². The molecule has 0 aromatic carbocycles. The number of aromatic nitrogens is 4. The van der Waals surface area contributed by atoms with Crippen molar-refractivity contribution in [3.63, 3.8) is 0 Å². The van der Waals surface area contributed by atoms with Crippen LogP contribution in [0.25, 0.3) is 0 Å². The van der Waals surface area contributed by atoms with Crippen LogP contribution in [0.4, 0.5) is 17.5 Å². The first-order valence-electron chi connectivity index (χ1n) is 12.5. The third-order valence-corrected chi connectivity index (χ3v) is 6.95. The van der Waals surface area contributed by atoms with Crippen LogP contribution in [-0.4, -0.2) is 88.4 Å². The molecule has 10 heteroatoms. The summed E-state index contributed by atoms with van der Waals surface area (Å²) >= 11 is 0. The third-order valence-electron chi connectivity index (χ3n) is 6.95. The van der Waals surface area contributed by atoms with Crippen LogP contribution >= 0.6 is 0 Å². The minimum atomic E-state index is 0.185. The number of amides is 1. The summed E-state index contributed by atoms with van der Waals surface area (Å²) in [6.45, 7) is 7.47. The third kappa shape index (κ3) is 5.50. The molecule has 2 saturated heterocycles. The molecule has 4 heterocycles. The summed E-state index contributed by atoms with van der Waals surface area (Å²) in [5.74, 6) is 2.21. The topological polar surface area (TPSA) is 100 Å². The SMILES string of the molecule is Cc1nn(C2CCN(C)C2)cc1Nc1ncc(C2CC2)c(NCCCN2CCOCCC2=O)n1. The van der Waals surface area contributed by atoms with E-state index in [1.807, 2.05) is 18.0 Å². The van der Waals surface area contributed by atoms with Crippen LogP contribution in [0, 0.1) is 6.92 Å². The van der Waals surface area contributed by atoms with Gasteiger partial charge in [0.2, 0.25) is 11.9 Å². The highest BCUT2D eigenvalue weighted by Crippen LogP contribution is 2.42. The molecule has 0 radical (unpaired) electrons. The molecule has 1 unspecified atom stereocenters. The minimum Gasteiger partial charge on any atom is -0.379 e. The van der Waals surface area contributed by atoms with Crippen molar-refractivity contribution in [3.8, 4) is 0 Å². The molecule has 2 aromatic rings. The van der Waals surface area contributed by atoms with Crippen LogP contribution in [0.3, 0.4) is 0 Å². The summed E-state index contributed by atoms with van der Waals surface area (Å²) in [5, 5.41) is 11.6. The Morgan fingerprint density at radius 2 is 2.09 bits per heavy atom. The molecule has 5 rings (SSSR count). The van der Waals surface area contributed by atoms with Crippen LogP contribution in [0.5, 0.6) is 0 Å². The molecule has 3 aliphatic rings. The van der Waals surface area contributed by atoms with Crippen molar-refractivity contribution < 1.29 is 9.53 Å². The average Bonchev–Trinajstić information content (AvgIpc) is 3.52. The number of anilines is 3. The average molecular weight is 469 g/mol. The van der Waals surface area contributed by atoms with Crippen molar-refractivity contribution in [3.05, 3.63) is 23.7 Å². The smallest absolute Gasteiger partial charge is 0.229 e. The number of hydrogen-bond donors (Lipinski definition) is 2. The Morgan fingerprint density at radius 3 is 2.88 bits per heavy atom. The maximum atomic E-state index is 12.2. The van der Waals surface area contributed by atoms with E-state index in [4.69, 9.17) is 14.8 Å². The summed E-state index contributed by atoms with van der Waals surface area (Å²) in [6.07, 6.45) is 8.87. The van der Waals surface area contributed by atoms with Crippen molar-refractivity contribution >= 4 is 23.4 Å². The van der Waals surface area contributed by atoms with Gasteiger partial charge in [0.1, 0.15) is 5.82 Å². The number of rotatable bonds is 9. The fraction of sp³-hybridized carbons (Fsp3) is 0.667. The molecule has 34 heavy (non-hydrogen) atoms. The van der Waals surface area contributed by atoms with E-state index in [-0.39, 0.29) is 5.91 Å². The fourth-order valence-corrected chi connectivity index (χ4v) is 4.76. The molecule has 2 aromatic heterocycles. The van der Waals surface area contributed by atoms with Crippen molar-refractivity contribution in [1.82, 2.24) is 29.5 Å². The van der Waals surface area contributed by atoms with Crippen LogP contribution < -0.4 is 10.6 Å². The molecule has 1 aliphatic carbocycles. The number of carbonyl (C=O) groups is 1. The van der Waals surface area contributed by atoms with Gasteiger partial charge in [0.05, 0.1) is 37.1 Å². The number of carbonyl (C=O) groups excluding carboxylic acids is 1. The van der Waals surface area contributed by atoms with Gasteiger partial charge in [-0.25, -0.2) is 4.98 Å². The number of nitrogens with one attached hydrogen (secondary N) is 2. The summed E-state index contributed by atoms with van der Waals surface area (Å²) in [5.41, 5.74) is 3.08. The zero-order valence-corrected chi connectivity index (χ0v) is 20.3. The number of likely N-dealkylation sites (tertiary alicyclic amines) is 1. The van der Waals surface area contributed by atoms with Gasteiger partial charge in [-0.05, 0) is 52.1 Å². The zero-order valence-electron chi connectivity index (χ0n) is 20.3. The van der Waals surface area contributed by atoms with Gasteiger partial charge in [0.25, 0.3) is 0 Å². The van der Waals surface area contributed by atoms with E-state index in [2.05, 4.69) is 38.4 Å². The van der Waals surface area contributed by atoms with Gasteiger partial charge in [-0.1, -0.05) is 0 Å². The zero-order chi connectivity index (χ0) is 23.5. The lowest BCUT2D eigenvalue weighted by atomic mass is 10.2. The number of nitrogens with zero attached hydrogens (tertiary/aromatic N) is 6. The molecule has 1 amide bonds. The van der Waals surface area contributed by atoms with Crippen LogP contribution in [0.15, 0.2) is 12.4 Å². The predicted molar refractivity (Wildman–Crippen MR) is 131 cm³/mol. The Morgan fingerprint density at radius 1 is 1.21 bits per heavy atom. The Bertz CT molecular complexity index is 1000. The van der Waals surface area contributed by atoms with Crippen molar-refractivity contribution in [2.75, 3.05) is 63.6 Å². The maximum absolute atomic E-state index is 12.2. The Balaban J connectivity index is 1.22. The first-order valence-corrected chi connectivity index (χ1v) is 12.5. The van der Waals surface area contributed by atoms with Gasteiger partial charge in [0, 0.05) is 44.1 Å². The van der Waals surface area contributed by atoms with Crippen LogP contribution in [0.2, 0.25) is 0 Å². The lowest BCUT2D eigenvalue weighted by Crippen LogP contribution is -2.33. The van der Waals surface area contributed by atoms with Crippen molar-refractivity contribution in [2.24, 2.45) is 0 Å². The van der Waals surface area contributed by atoms with Gasteiger partial charge in [-0.3, -0.25) is 9.48 Å². The van der Waals surface area contributed by atoms with E-state index >= 15 is 0 Å². The molecule has 0 bridgehead atoms. The molecule has 1 atom stereocenters.